The molecule has 1 aliphatic carbocycles. The van der Waals surface area contributed by atoms with Crippen molar-refractivity contribution in [3.8, 4) is 17.0 Å². The van der Waals surface area contributed by atoms with Crippen LogP contribution in [-0.4, -0.2) is 35.6 Å². The van der Waals surface area contributed by atoms with Crippen molar-refractivity contribution in [2.24, 2.45) is 18.9 Å². The highest BCUT2D eigenvalue weighted by Crippen LogP contribution is 2.40. The predicted molar refractivity (Wildman–Crippen MR) is 105 cm³/mol. The van der Waals surface area contributed by atoms with Crippen molar-refractivity contribution in [2.75, 3.05) is 19.5 Å². The lowest BCUT2D eigenvalue weighted by molar-refractivity contribution is -0.143. The molecule has 2 aromatic heterocycles. The van der Waals surface area contributed by atoms with E-state index in [4.69, 9.17) is 9.47 Å². The van der Waals surface area contributed by atoms with Gasteiger partial charge in [-0.25, -0.2) is 4.98 Å². The molecule has 1 aliphatic rings. The van der Waals surface area contributed by atoms with Crippen LogP contribution in [0.5, 0.6) is 5.75 Å². The normalized spacial score (nSPS) is 18.0. The SMILES string of the molecule is COC(=O)[C@@H]1C[C@@H]1C(=O)Nc1cc2cc(-c3ccccc3OC)n(C)c2cn1. The van der Waals surface area contributed by atoms with Crippen LogP contribution in [0.4, 0.5) is 5.82 Å². The van der Waals surface area contributed by atoms with E-state index >= 15 is 0 Å². The molecule has 144 valence electrons. The molecule has 0 spiro atoms. The van der Waals surface area contributed by atoms with Gasteiger partial charge in [0.05, 0.1) is 43.5 Å². The number of esters is 1. The summed E-state index contributed by atoms with van der Waals surface area (Å²) in [7, 11) is 4.95. The molecule has 0 radical (unpaired) electrons. The molecule has 0 saturated heterocycles. The maximum atomic E-state index is 12.3. The fourth-order valence-electron chi connectivity index (χ4n) is 3.53. The van der Waals surface area contributed by atoms with Crippen LogP contribution >= 0.6 is 0 Å². The Kier molecular flexibility index (Phi) is 4.50. The molecule has 1 aromatic carbocycles. The van der Waals surface area contributed by atoms with Crippen molar-refractivity contribution in [1.29, 1.82) is 0 Å². The summed E-state index contributed by atoms with van der Waals surface area (Å²) in [4.78, 5) is 28.2. The van der Waals surface area contributed by atoms with Crippen molar-refractivity contribution in [3.05, 3.63) is 42.6 Å². The van der Waals surface area contributed by atoms with Crippen molar-refractivity contribution >= 4 is 28.6 Å². The predicted octanol–water partition coefficient (Wildman–Crippen LogP) is 3.00. The lowest BCUT2D eigenvalue weighted by Gasteiger charge is -2.09. The number of aromatic nitrogens is 2. The van der Waals surface area contributed by atoms with E-state index in [1.807, 2.05) is 48.0 Å². The van der Waals surface area contributed by atoms with E-state index in [0.717, 1.165) is 27.9 Å². The third kappa shape index (κ3) is 3.09. The minimum Gasteiger partial charge on any atom is -0.496 e. The van der Waals surface area contributed by atoms with Crippen LogP contribution < -0.4 is 10.1 Å². The molecule has 0 bridgehead atoms. The standard InChI is InChI=1S/C21H21N3O4/c1-24-16(13-6-4-5-7-18(13)27-2)8-12-9-19(22-11-17(12)24)23-20(25)14-10-15(14)21(26)28-3/h4-9,11,14-15H,10H2,1-3H3,(H,22,23,25)/t14-,15+/m0/s1. The fourth-order valence-corrected chi connectivity index (χ4v) is 3.53. The van der Waals surface area contributed by atoms with Gasteiger partial charge in [-0.15, -0.1) is 0 Å². The molecule has 1 amide bonds. The fraction of sp³-hybridized carbons (Fsp3) is 0.286. The molecule has 7 nitrogen and oxygen atoms in total. The van der Waals surface area contributed by atoms with Gasteiger partial charge < -0.3 is 19.4 Å². The van der Waals surface area contributed by atoms with Gasteiger partial charge in [0, 0.05) is 18.0 Å². The summed E-state index contributed by atoms with van der Waals surface area (Å²) in [6.07, 6.45) is 2.25. The second-order valence-corrected chi connectivity index (χ2v) is 6.88. The van der Waals surface area contributed by atoms with Crippen LogP contribution in [-0.2, 0) is 21.4 Å². The first-order chi connectivity index (χ1) is 13.5. The van der Waals surface area contributed by atoms with Crippen LogP contribution in [0.1, 0.15) is 6.42 Å². The number of nitrogens with one attached hydrogen (secondary N) is 1. The highest BCUT2D eigenvalue weighted by molar-refractivity contribution is 5.99. The molecule has 2 atom stereocenters. The number of benzene rings is 1. The topological polar surface area (TPSA) is 82.5 Å². The van der Waals surface area contributed by atoms with Crippen molar-refractivity contribution < 1.29 is 19.1 Å². The van der Waals surface area contributed by atoms with E-state index in [2.05, 4.69) is 10.3 Å². The van der Waals surface area contributed by atoms with Crippen LogP contribution in [0.3, 0.4) is 0 Å². The Bertz CT molecular complexity index is 1070. The minimum atomic E-state index is -0.345. The van der Waals surface area contributed by atoms with E-state index in [9.17, 15) is 9.59 Å². The number of amides is 1. The second kappa shape index (κ2) is 6.99. The van der Waals surface area contributed by atoms with E-state index in [1.54, 1.807) is 13.3 Å². The number of para-hydroxylation sites is 1. The monoisotopic (exact) mass is 379 g/mol. The highest BCUT2D eigenvalue weighted by atomic mass is 16.5. The summed E-state index contributed by atoms with van der Waals surface area (Å²) in [5.41, 5.74) is 2.91. The van der Waals surface area contributed by atoms with E-state index in [1.165, 1.54) is 7.11 Å². The van der Waals surface area contributed by atoms with Crippen molar-refractivity contribution in [1.82, 2.24) is 9.55 Å². The lowest BCUT2D eigenvalue weighted by atomic mass is 10.1. The first-order valence-electron chi connectivity index (χ1n) is 9.01. The maximum absolute atomic E-state index is 12.3. The summed E-state index contributed by atoms with van der Waals surface area (Å²) < 4.78 is 12.2. The Morgan fingerprint density at radius 1 is 1.18 bits per heavy atom. The number of methoxy groups -OCH3 is 2. The van der Waals surface area contributed by atoms with Crippen molar-refractivity contribution in [2.45, 2.75) is 6.42 Å². The molecular weight excluding hydrogens is 358 g/mol. The van der Waals surface area contributed by atoms with Crippen LogP contribution in [0.2, 0.25) is 0 Å². The van der Waals surface area contributed by atoms with Gasteiger partial charge in [-0.05, 0) is 30.7 Å². The Hall–Kier alpha value is -3.35. The first-order valence-corrected chi connectivity index (χ1v) is 9.01. The van der Waals surface area contributed by atoms with Crippen molar-refractivity contribution in [3.63, 3.8) is 0 Å². The Labute approximate surface area is 162 Å². The van der Waals surface area contributed by atoms with Gasteiger partial charge in [-0.2, -0.15) is 0 Å². The number of carbonyl (C=O) groups excluding carboxylic acids is 2. The largest absolute Gasteiger partial charge is 0.496 e. The number of rotatable bonds is 5. The van der Waals surface area contributed by atoms with Crippen LogP contribution in [0, 0.1) is 11.8 Å². The molecular formula is C21H21N3O4. The number of nitrogens with zero attached hydrogens (tertiary/aromatic N) is 2. The van der Waals surface area contributed by atoms with Gasteiger partial charge >= 0.3 is 5.97 Å². The molecule has 1 N–H and O–H groups in total. The third-order valence-corrected chi connectivity index (χ3v) is 5.19. The van der Waals surface area contributed by atoms with Gasteiger partial charge in [-0.3, -0.25) is 9.59 Å². The number of anilines is 1. The molecule has 0 unspecified atom stereocenters. The van der Waals surface area contributed by atoms with Crippen LogP contribution in [0.15, 0.2) is 42.6 Å². The highest BCUT2D eigenvalue weighted by Gasteiger charge is 2.49. The van der Waals surface area contributed by atoms with Gasteiger partial charge in [0.25, 0.3) is 0 Å². The number of ether oxygens (including phenoxy) is 2. The Morgan fingerprint density at radius 3 is 2.71 bits per heavy atom. The summed E-state index contributed by atoms with van der Waals surface area (Å²) in [5.74, 6) is 0.0198. The zero-order valence-electron chi connectivity index (χ0n) is 15.9. The lowest BCUT2D eigenvalue weighted by Crippen LogP contribution is -2.18. The van der Waals surface area contributed by atoms with Gasteiger partial charge in [0.15, 0.2) is 0 Å². The number of carbonyl (C=O) groups is 2. The third-order valence-electron chi connectivity index (χ3n) is 5.19. The molecule has 4 rings (SSSR count). The van der Waals surface area contributed by atoms with E-state index < -0.39 is 0 Å². The summed E-state index contributed by atoms with van der Waals surface area (Å²) in [6.45, 7) is 0. The van der Waals surface area contributed by atoms with Crippen LogP contribution in [0.25, 0.3) is 22.2 Å². The molecule has 3 aromatic rings. The number of fused-ring (bicyclic) bond motifs is 1. The maximum Gasteiger partial charge on any atom is 0.309 e. The Morgan fingerprint density at radius 2 is 1.96 bits per heavy atom. The second-order valence-electron chi connectivity index (χ2n) is 6.88. The summed E-state index contributed by atoms with van der Waals surface area (Å²) in [5, 5.41) is 3.76. The van der Waals surface area contributed by atoms with Gasteiger partial charge in [-0.1, -0.05) is 12.1 Å². The average molecular weight is 379 g/mol. The number of pyridine rings is 1. The average Bonchev–Trinajstić information content (AvgIpc) is 3.46. The van der Waals surface area contributed by atoms with E-state index in [-0.39, 0.29) is 23.7 Å². The number of hydrogen-bond acceptors (Lipinski definition) is 5. The zero-order chi connectivity index (χ0) is 19.8. The smallest absolute Gasteiger partial charge is 0.309 e. The summed E-state index contributed by atoms with van der Waals surface area (Å²) in [6, 6.07) is 11.7. The quantitative estimate of drug-likeness (QED) is 0.689. The minimum absolute atomic E-state index is 0.205. The molecule has 1 fully saturated rings. The molecule has 0 aliphatic heterocycles. The number of aryl methyl sites for hydroxylation is 1. The summed E-state index contributed by atoms with van der Waals surface area (Å²) >= 11 is 0. The van der Waals surface area contributed by atoms with Gasteiger partial charge in [0.1, 0.15) is 11.6 Å². The molecule has 1 saturated carbocycles. The molecule has 28 heavy (non-hydrogen) atoms. The Balaban J connectivity index is 1.60. The first kappa shape index (κ1) is 18.0. The molecule has 7 heteroatoms. The molecule has 2 heterocycles. The van der Waals surface area contributed by atoms with E-state index in [0.29, 0.717) is 12.2 Å². The zero-order valence-corrected chi connectivity index (χ0v) is 15.9. The van der Waals surface area contributed by atoms with Gasteiger partial charge in [0.2, 0.25) is 5.91 Å². The number of hydrogen-bond donors (Lipinski definition) is 1.